The molecule has 0 saturated heterocycles. The van der Waals surface area contributed by atoms with Crippen LogP contribution in [0, 0.1) is 11.8 Å². The zero-order valence-corrected chi connectivity index (χ0v) is 27.5. The molecule has 0 radical (unpaired) electrons. The quantitative estimate of drug-likeness (QED) is 0.0924. The van der Waals surface area contributed by atoms with Gasteiger partial charge in [-0.15, -0.1) is 0 Å². The molecule has 0 aliphatic heterocycles. The van der Waals surface area contributed by atoms with E-state index in [0.717, 1.165) is 60.5 Å². The number of benzene rings is 2. The van der Waals surface area contributed by atoms with E-state index in [2.05, 4.69) is 33.8 Å². The van der Waals surface area contributed by atoms with Gasteiger partial charge in [0.05, 0.1) is 19.8 Å². The standard InChI is InChI=1S/C28H44O3S.C6H15NO3/c1-22(2)15-9-5-7-11-17-24-21-25-18-13-14-20-27(25)28(32(29,30)31)26(24)19-12-8-6-10-16-23(3)4;8-4-1-7(2-5-9)3-6-10/h13-14,18,20-23H,5-12,15-17,19H2,1-4H3,(H,29,30,31);8-10H,1-6H2. The summed E-state index contributed by atoms with van der Waals surface area (Å²) in [5.74, 6) is 1.48. The lowest BCUT2D eigenvalue weighted by Crippen LogP contribution is -2.32. The van der Waals surface area contributed by atoms with E-state index < -0.39 is 10.1 Å². The molecule has 7 nitrogen and oxygen atoms in total. The number of hydrogen-bond donors (Lipinski definition) is 4. The first kappa shape index (κ1) is 38.5. The van der Waals surface area contributed by atoms with Crippen LogP contribution in [0.25, 0.3) is 10.8 Å². The Bertz CT molecular complexity index is 1070. The van der Waals surface area contributed by atoms with Gasteiger partial charge in [-0.05, 0) is 54.0 Å². The molecular weight excluding hydrogens is 550 g/mol. The topological polar surface area (TPSA) is 118 Å². The van der Waals surface area contributed by atoms with Crippen molar-refractivity contribution in [3.63, 3.8) is 0 Å². The summed E-state index contributed by atoms with van der Waals surface area (Å²) in [5, 5.41) is 27.0. The third-order valence-corrected chi connectivity index (χ3v) is 8.62. The number of aliphatic hydroxyl groups excluding tert-OH is 3. The van der Waals surface area contributed by atoms with Crippen molar-refractivity contribution in [3.05, 3.63) is 41.5 Å². The minimum Gasteiger partial charge on any atom is -0.395 e. The number of aliphatic hydroxyl groups is 3. The lowest BCUT2D eigenvalue weighted by atomic mass is 9.92. The van der Waals surface area contributed by atoms with Crippen molar-refractivity contribution in [2.75, 3.05) is 39.5 Å². The van der Waals surface area contributed by atoms with Gasteiger partial charge in [0.25, 0.3) is 10.1 Å². The third kappa shape index (κ3) is 15.8. The van der Waals surface area contributed by atoms with Crippen LogP contribution in [0.1, 0.15) is 103 Å². The van der Waals surface area contributed by atoms with E-state index in [9.17, 15) is 13.0 Å². The molecule has 2 rings (SSSR count). The van der Waals surface area contributed by atoms with Gasteiger partial charge >= 0.3 is 0 Å². The summed E-state index contributed by atoms with van der Waals surface area (Å²) < 4.78 is 35.1. The highest BCUT2D eigenvalue weighted by atomic mass is 32.2. The number of unbranched alkanes of at least 4 members (excludes halogenated alkanes) is 6. The van der Waals surface area contributed by atoms with Crippen molar-refractivity contribution < 1.29 is 28.3 Å². The van der Waals surface area contributed by atoms with Crippen molar-refractivity contribution in [3.8, 4) is 0 Å². The summed E-state index contributed by atoms with van der Waals surface area (Å²) in [6.45, 7) is 10.8. The summed E-state index contributed by atoms with van der Waals surface area (Å²) >= 11 is 0. The van der Waals surface area contributed by atoms with E-state index in [4.69, 9.17) is 15.3 Å². The van der Waals surface area contributed by atoms with Gasteiger partial charge in [-0.2, -0.15) is 8.42 Å². The molecule has 0 atom stereocenters. The van der Waals surface area contributed by atoms with Crippen LogP contribution >= 0.6 is 0 Å². The van der Waals surface area contributed by atoms with Gasteiger partial charge in [0.15, 0.2) is 0 Å². The maximum Gasteiger partial charge on any atom is 0.295 e. The highest BCUT2D eigenvalue weighted by Gasteiger charge is 2.22. The number of hydrogen-bond acceptors (Lipinski definition) is 6. The van der Waals surface area contributed by atoms with Crippen molar-refractivity contribution >= 4 is 20.9 Å². The molecule has 0 unspecified atom stereocenters. The van der Waals surface area contributed by atoms with Gasteiger partial charge in [-0.25, -0.2) is 0 Å². The summed E-state index contributed by atoms with van der Waals surface area (Å²) in [7, 11) is -4.29. The third-order valence-electron chi connectivity index (χ3n) is 7.64. The van der Waals surface area contributed by atoms with Crippen LogP contribution in [-0.4, -0.2) is 72.6 Å². The molecule has 2 aromatic rings. The lowest BCUT2D eigenvalue weighted by molar-refractivity contribution is 0.136. The molecule has 0 fully saturated rings. The van der Waals surface area contributed by atoms with Gasteiger partial charge in [0.2, 0.25) is 0 Å². The van der Waals surface area contributed by atoms with Gasteiger partial charge in [0, 0.05) is 25.0 Å². The Hall–Kier alpha value is -1.55. The molecule has 0 spiro atoms. The molecule has 0 aliphatic carbocycles. The average molecular weight is 610 g/mol. The van der Waals surface area contributed by atoms with Crippen LogP contribution in [0.2, 0.25) is 0 Å². The van der Waals surface area contributed by atoms with Crippen molar-refractivity contribution in [2.45, 2.75) is 110 Å². The first-order valence-corrected chi connectivity index (χ1v) is 17.5. The van der Waals surface area contributed by atoms with E-state index in [1.165, 1.54) is 38.5 Å². The van der Waals surface area contributed by atoms with E-state index in [1.54, 1.807) is 4.90 Å². The van der Waals surface area contributed by atoms with Gasteiger partial charge in [-0.3, -0.25) is 9.45 Å². The first-order chi connectivity index (χ1) is 20.0. The van der Waals surface area contributed by atoms with Crippen LogP contribution in [0.3, 0.4) is 0 Å². The molecule has 42 heavy (non-hydrogen) atoms. The second-order valence-corrected chi connectivity index (χ2v) is 13.6. The van der Waals surface area contributed by atoms with Crippen LogP contribution in [0.4, 0.5) is 0 Å². The second-order valence-electron chi connectivity index (χ2n) is 12.2. The molecule has 2 aromatic carbocycles. The van der Waals surface area contributed by atoms with Crippen LogP contribution in [-0.2, 0) is 23.0 Å². The predicted octanol–water partition coefficient (Wildman–Crippen LogP) is 6.65. The fraction of sp³-hybridized carbons (Fsp3) is 0.706. The normalized spacial score (nSPS) is 12.0. The Labute approximate surface area is 256 Å². The minimum atomic E-state index is -4.29. The molecule has 0 aliphatic rings. The summed E-state index contributed by atoms with van der Waals surface area (Å²) in [6, 6.07) is 9.71. The van der Waals surface area contributed by atoms with Crippen molar-refractivity contribution in [1.82, 2.24) is 4.90 Å². The van der Waals surface area contributed by atoms with Gasteiger partial charge in [0.1, 0.15) is 4.90 Å². The number of fused-ring (bicyclic) bond motifs is 1. The largest absolute Gasteiger partial charge is 0.395 e. The molecule has 242 valence electrons. The Morgan fingerprint density at radius 2 is 1.17 bits per heavy atom. The number of rotatable bonds is 21. The Kier molecular flexibility index (Phi) is 20.2. The molecule has 0 saturated carbocycles. The molecule has 0 bridgehead atoms. The predicted molar refractivity (Wildman–Crippen MR) is 175 cm³/mol. The SMILES string of the molecule is CC(C)CCCCCCc1cc2ccccc2c(S(=O)(=O)O)c1CCCCCCC(C)C.OCCN(CCO)CCO. The smallest absolute Gasteiger partial charge is 0.295 e. The summed E-state index contributed by atoms with van der Waals surface area (Å²) in [4.78, 5) is 1.94. The van der Waals surface area contributed by atoms with Gasteiger partial charge < -0.3 is 15.3 Å². The zero-order chi connectivity index (χ0) is 31.4. The van der Waals surface area contributed by atoms with Gasteiger partial charge in [-0.1, -0.05) is 109 Å². The maximum absolute atomic E-state index is 12.5. The molecule has 4 N–H and O–H groups in total. The highest BCUT2D eigenvalue weighted by Crippen LogP contribution is 2.32. The molecule has 8 heteroatoms. The fourth-order valence-electron chi connectivity index (χ4n) is 5.39. The Morgan fingerprint density at radius 3 is 1.64 bits per heavy atom. The summed E-state index contributed by atoms with van der Waals surface area (Å²) in [6.07, 6.45) is 13.3. The minimum absolute atomic E-state index is 0.0694. The second kappa shape index (κ2) is 22.0. The Morgan fingerprint density at radius 1 is 0.690 bits per heavy atom. The number of aryl methyl sites for hydroxylation is 1. The number of nitrogens with zero attached hydrogens (tertiary/aromatic N) is 1. The van der Waals surface area contributed by atoms with E-state index in [0.29, 0.717) is 31.4 Å². The van der Waals surface area contributed by atoms with E-state index >= 15 is 0 Å². The first-order valence-electron chi connectivity index (χ1n) is 16.1. The maximum atomic E-state index is 12.5. The molecule has 0 amide bonds. The molecule has 0 aromatic heterocycles. The van der Waals surface area contributed by atoms with Crippen LogP contribution < -0.4 is 0 Å². The average Bonchev–Trinajstić information content (AvgIpc) is 2.92. The highest BCUT2D eigenvalue weighted by molar-refractivity contribution is 7.86. The van der Waals surface area contributed by atoms with Crippen molar-refractivity contribution in [2.24, 2.45) is 11.8 Å². The monoisotopic (exact) mass is 609 g/mol. The summed E-state index contributed by atoms with van der Waals surface area (Å²) in [5.41, 5.74) is 1.94. The van der Waals surface area contributed by atoms with Crippen LogP contribution in [0.5, 0.6) is 0 Å². The fourth-order valence-corrected chi connectivity index (χ4v) is 6.40. The Balaban J connectivity index is 0.000000752. The van der Waals surface area contributed by atoms with E-state index in [1.807, 2.05) is 24.3 Å². The zero-order valence-electron chi connectivity index (χ0n) is 26.7. The van der Waals surface area contributed by atoms with Crippen LogP contribution in [0.15, 0.2) is 35.2 Å². The molecular formula is C34H59NO6S. The lowest BCUT2D eigenvalue weighted by Gasteiger charge is -2.17. The van der Waals surface area contributed by atoms with E-state index in [-0.39, 0.29) is 24.7 Å². The van der Waals surface area contributed by atoms with Crippen molar-refractivity contribution in [1.29, 1.82) is 0 Å². The molecule has 0 heterocycles.